The molecular formula is C13H12N2O3. The SMILES string of the molecule is Cc1noc(C)c1-c1cc(C)c2oc(=O)[nH]c2c1. The Morgan fingerprint density at radius 3 is 2.67 bits per heavy atom. The molecule has 1 N–H and O–H groups in total. The van der Waals surface area contributed by atoms with Gasteiger partial charge in [-0.3, -0.25) is 4.98 Å². The van der Waals surface area contributed by atoms with Crippen molar-refractivity contribution < 1.29 is 8.94 Å². The molecule has 18 heavy (non-hydrogen) atoms. The van der Waals surface area contributed by atoms with Crippen LogP contribution in [0.2, 0.25) is 0 Å². The lowest BCUT2D eigenvalue weighted by atomic mass is 10.0. The van der Waals surface area contributed by atoms with Gasteiger partial charge in [-0.05, 0) is 44.0 Å². The molecule has 0 unspecified atom stereocenters. The van der Waals surface area contributed by atoms with Crippen LogP contribution in [0.4, 0.5) is 0 Å². The first-order chi connectivity index (χ1) is 8.56. The molecule has 1 aromatic carbocycles. The Balaban J connectivity index is 2.34. The normalized spacial score (nSPS) is 11.3. The predicted molar refractivity (Wildman–Crippen MR) is 66.5 cm³/mol. The van der Waals surface area contributed by atoms with Crippen LogP contribution in [0.15, 0.2) is 25.9 Å². The Kier molecular flexibility index (Phi) is 2.16. The average Bonchev–Trinajstić information content (AvgIpc) is 2.82. The third-order valence-electron chi connectivity index (χ3n) is 3.03. The number of benzene rings is 1. The number of aryl methyl sites for hydroxylation is 3. The maximum Gasteiger partial charge on any atom is 0.417 e. The molecule has 0 spiro atoms. The number of aromatic amines is 1. The number of rotatable bonds is 1. The van der Waals surface area contributed by atoms with E-state index in [0.29, 0.717) is 11.1 Å². The van der Waals surface area contributed by atoms with Crippen LogP contribution in [0.1, 0.15) is 17.0 Å². The molecule has 0 fully saturated rings. The second-order valence-corrected chi connectivity index (χ2v) is 4.38. The van der Waals surface area contributed by atoms with E-state index in [1.165, 1.54) is 0 Å². The highest BCUT2D eigenvalue weighted by molar-refractivity contribution is 5.84. The van der Waals surface area contributed by atoms with Gasteiger partial charge in [0.2, 0.25) is 0 Å². The minimum absolute atomic E-state index is 0.441. The first kappa shape index (κ1) is 10.8. The fourth-order valence-corrected chi connectivity index (χ4v) is 2.27. The highest BCUT2D eigenvalue weighted by Crippen LogP contribution is 2.30. The van der Waals surface area contributed by atoms with Gasteiger partial charge in [0.05, 0.1) is 11.2 Å². The van der Waals surface area contributed by atoms with Crippen molar-refractivity contribution in [2.45, 2.75) is 20.8 Å². The Morgan fingerprint density at radius 2 is 2.00 bits per heavy atom. The molecule has 0 aliphatic heterocycles. The van der Waals surface area contributed by atoms with Crippen molar-refractivity contribution >= 4 is 11.1 Å². The molecule has 0 amide bonds. The second kappa shape index (κ2) is 3.60. The number of oxazole rings is 1. The Morgan fingerprint density at radius 1 is 1.22 bits per heavy atom. The molecule has 0 radical (unpaired) electrons. The Labute approximate surface area is 102 Å². The summed E-state index contributed by atoms with van der Waals surface area (Å²) in [5, 5.41) is 3.94. The molecule has 0 saturated carbocycles. The highest BCUT2D eigenvalue weighted by atomic mass is 16.5. The molecule has 92 valence electrons. The molecule has 5 nitrogen and oxygen atoms in total. The topological polar surface area (TPSA) is 72.0 Å². The summed E-state index contributed by atoms with van der Waals surface area (Å²) in [4.78, 5) is 13.9. The Hall–Kier alpha value is -2.30. The summed E-state index contributed by atoms with van der Waals surface area (Å²) in [7, 11) is 0. The first-order valence-corrected chi connectivity index (χ1v) is 5.63. The summed E-state index contributed by atoms with van der Waals surface area (Å²) in [5.41, 5.74) is 4.94. The van der Waals surface area contributed by atoms with E-state index >= 15 is 0 Å². The summed E-state index contributed by atoms with van der Waals surface area (Å²) < 4.78 is 10.2. The molecular weight excluding hydrogens is 232 g/mol. The molecule has 3 aromatic rings. The fourth-order valence-electron chi connectivity index (χ4n) is 2.27. The lowest BCUT2D eigenvalue weighted by molar-refractivity contribution is 0.393. The maximum atomic E-state index is 11.2. The van der Waals surface area contributed by atoms with Crippen molar-refractivity contribution in [2.75, 3.05) is 0 Å². The standard InChI is InChI=1S/C13H12N2O3/c1-6-4-9(11-7(2)15-18-8(11)3)5-10-12(6)17-13(16)14-10/h4-5H,1-3H3,(H,14,16). The number of H-pyrrole nitrogens is 1. The largest absolute Gasteiger partial charge is 0.417 e. The van der Waals surface area contributed by atoms with Crippen LogP contribution in [0, 0.1) is 20.8 Å². The van der Waals surface area contributed by atoms with Gasteiger partial charge in [0.25, 0.3) is 0 Å². The van der Waals surface area contributed by atoms with Crippen LogP contribution in [0.3, 0.4) is 0 Å². The smallest absolute Gasteiger partial charge is 0.408 e. The number of hydrogen-bond acceptors (Lipinski definition) is 4. The van der Waals surface area contributed by atoms with E-state index in [-0.39, 0.29) is 0 Å². The maximum absolute atomic E-state index is 11.2. The second-order valence-electron chi connectivity index (χ2n) is 4.38. The molecule has 5 heteroatoms. The summed E-state index contributed by atoms with van der Waals surface area (Å²) >= 11 is 0. The summed E-state index contributed by atoms with van der Waals surface area (Å²) in [6, 6.07) is 3.84. The minimum Gasteiger partial charge on any atom is -0.408 e. The summed E-state index contributed by atoms with van der Waals surface area (Å²) in [6.45, 7) is 5.66. The van der Waals surface area contributed by atoms with Gasteiger partial charge in [-0.15, -0.1) is 0 Å². The first-order valence-electron chi connectivity index (χ1n) is 5.63. The van der Waals surface area contributed by atoms with Crippen LogP contribution < -0.4 is 5.76 Å². The third-order valence-corrected chi connectivity index (χ3v) is 3.03. The molecule has 0 saturated heterocycles. The lowest BCUT2D eigenvalue weighted by Crippen LogP contribution is -1.92. The Bertz CT molecular complexity index is 773. The number of aromatic nitrogens is 2. The minimum atomic E-state index is -0.441. The zero-order valence-corrected chi connectivity index (χ0v) is 10.3. The van der Waals surface area contributed by atoms with Crippen LogP contribution in [-0.2, 0) is 0 Å². The van der Waals surface area contributed by atoms with Crippen molar-refractivity contribution in [3.05, 3.63) is 39.7 Å². The zero-order valence-electron chi connectivity index (χ0n) is 10.3. The number of nitrogens with zero attached hydrogens (tertiary/aromatic N) is 1. The summed E-state index contributed by atoms with van der Waals surface area (Å²) in [6.07, 6.45) is 0. The quantitative estimate of drug-likeness (QED) is 0.714. The van der Waals surface area contributed by atoms with Gasteiger partial charge < -0.3 is 8.94 Å². The molecule has 0 bridgehead atoms. The van der Waals surface area contributed by atoms with Crippen molar-refractivity contribution in [3.8, 4) is 11.1 Å². The van der Waals surface area contributed by atoms with Gasteiger partial charge in [0.1, 0.15) is 5.76 Å². The fraction of sp³-hybridized carbons (Fsp3) is 0.231. The van der Waals surface area contributed by atoms with E-state index < -0.39 is 5.76 Å². The monoisotopic (exact) mass is 244 g/mol. The number of hydrogen-bond donors (Lipinski definition) is 1. The van der Waals surface area contributed by atoms with Gasteiger partial charge in [-0.2, -0.15) is 0 Å². The predicted octanol–water partition coefficient (Wildman–Crippen LogP) is 2.70. The van der Waals surface area contributed by atoms with Crippen LogP contribution >= 0.6 is 0 Å². The average molecular weight is 244 g/mol. The molecule has 0 aliphatic carbocycles. The van der Waals surface area contributed by atoms with Crippen molar-refractivity contribution in [1.82, 2.24) is 10.1 Å². The van der Waals surface area contributed by atoms with Crippen LogP contribution in [-0.4, -0.2) is 10.1 Å². The van der Waals surface area contributed by atoms with Crippen LogP contribution in [0.25, 0.3) is 22.2 Å². The van der Waals surface area contributed by atoms with E-state index in [4.69, 9.17) is 8.94 Å². The molecule has 0 atom stereocenters. The van der Waals surface area contributed by atoms with E-state index in [9.17, 15) is 4.79 Å². The number of fused-ring (bicyclic) bond motifs is 1. The van der Waals surface area contributed by atoms with E-state index in [2.05, 4.69) is 10.1 Å². The van der Waals surface area contributed by atoms with E-state index in [0.717, 1.165) is 28.1 Å². The molecule has 2 heterocycles. The van der Waals surface area contributed by atoms with E-state index in [1.807, 2.05) is 32.9 Å². The number of nitrogens with one attached hydrogen (secondary N) is 1. The zero-order chi connectivity index (χ0) is 12.9. The van der Waals surface area contributed by atoms with Gasteiger partial charge in [0.15, 0.2) is 5.58 Å². The van der Waals surface area contributed by atoms with Crippen molar-refractivity contribution in [2.24, 2.45) is 0 Å². The van der Waals surface area contributed by atoms with Gasteiger partial charge in [0, 0.05) is 5.56 Å². The van der Waals surface area contributed by atoms with Gasteiger partial charge >= 0.3 is 5.76 Å². The van der Waals surface area contributed by atoms with Gasteiger partial charge in [-0.25, -0.2) is 4.79 Å². The third kappa shape index (κ3) is 1.48. The summed E-state index contributed by atoms with van der Waals surface area (Å²) in [5.74, 6) is 0.320. The van der Waals surface area contributed by atoms with Crippen molar-refractivity contribution in [3.63, 3.8) is 0 Å². The molecule has 0 aliphatic rings. The van der Waals surface area contributed by atoms with Crippen molar-refractivity contribution in [1.29, 1.82) is 0 Å². The highest BCUT2D eigenvalue weighted by Gasteiger charge is 2.14. The molecule has 2 aromatic heterocycles. The lowest BCUT2D eigenvalue weighted by Gasteiger charge is -2.02. The van der Waals surface area contributed by atoms with E-state index in [1.54, 1.807) is 0 Å². The van der Waals surface area contributed by atoms with Gasteiger partial charge in [-0.1, -0.05) is 5.16 Å². The molecule has 3 rings (SSSR count). The van der Waals surface area contributed by atoms with Crippen LogP contribution in [0.5, 0.6) is 0 Å².